The van der Waals surface area contributed by atoms with E-state index in [1.807, 2.05) is 6.92 Å². The third-order valence-electron chi connectivity index (χ3n) is 0.964. The first-order valence-corrected chi connectivity index (χ1v) is 4.22. The summed E-state index contributed by atoms with van der Waals surface area (Å²) in [6, 6.07) is 0. The lowest BCUT2D eigenvalue weighted by molar-refractivity contribution is 0.324. The Bertz CT molecular complexity index is 256. The predicted octanol–water partition coefficient (Wildman–Crippen LogP) is 2.29. The van der Waals surface area contributed by atoms with Crippen molar-refractivity contribution >= 4 is 27.5 Å². The summed E-state index contributed by atoms with van der Waals surface area (Å²) in [6.07, 6.45) is 1.56. The van der Waals surface area contributed by atoms with Gasteiger partial charge in [0.05, 0.1) is 11.1 Å². The summed E-state index contributed by atoms with van der Waals surface area (Å²) in [4.78, 5) is 7.60. The van der Waals surface area contributed by atoms with Gasteiger partial charge in [0.1, 0.15) is 0 Å². The molecule has 0 saturated carbocycles. The average Bonchev–Trinajstić information content (AvgIpc) is 1.98. The largest absolute Gasteiger partial charge is 0.477 e. The van der Waals surface area contributed by atoms with Gasteiger partial charge in [0.2, 0.25) is 11.2 Å². The van der Waals surface area contributed by atoms with E-state index in [4.69, 9.17) is 16.3 Å². The van der Waals surface area contributed by atoms with Crippen molar-refractivity contribution in [3.63, 3.8) is 0 Å². The topological polar surface area (TPSA) is 35.0 Å². The number of rotatable bonds is 2. The first-order chi connectivity index (χ1) is 5.24. The Kier molecular flexibility index (Phi) is 3.08. The maximum atomic E-state index is 5.53. The summed E-state index contributed by atoms with van der Waals surface area (Å²) >= 11 is 8.75. The molecule has 0 atom stereocenters. The molecule has 0 aliphatic rings. The SMILES string of the molecule is CCOc1nc(Cl)ncc1Br. The van der Waals surface area contributed by atoms with Crippen LogP contribution in [0.2, 0.25) is 5.28 Å². The van der Waals surface area contributed by atoms with E-state index < -0.39 is 0 Å². The molecule has 11 heavy (non-hydrogen) atoms. The second-order valence-electron chi connectivity index (χ2n) is 1.73. The van der Waals surface area contributed by atoms with Crippen LogP contribution in [0.5, 0.6) is 5.88 Å². The molecule has 0 radical (unpaired) electrons. The minimum Gasteiger partial charge on any atom is -0.477 e. The van der Waals surface area contributed by atoms with Crippen molar-refractivity contribution in [3.8, 4) is 5.88 Å². The van der Waals surface area contributed by atoms with Gasteiger partial charge in [0.15, 0.2) is 0 Å². The Morgan fingerprint density at radius 3 is 3.09 bits per heavy atom. The Morgan fingerprint density at radius 2 is 2.45 bits per heavy atom. The second-order valence-corrected chi connectivity index (χ2v) is 2.92. The average molecular weight is 237 g/mol. The molecule has 0 N–H and O–H groups in total. The maximum absolute atomic E-state index is 5.53. The molecule has 0 fully saturated rings. The lowest BCUT2D eigenvalue weighted by Crippen LogP contribution is -1.96. The minimum atomic E-state index is 0.191. The van der Waals surface area contributed by atoms with Gasteiger partial charge in [-0.1, -0.05) is 0 Å². The van der Waals surface area contributed by atoms with E-state index in [0.717, 1.165) is 0 Å². The van der Waals surface area contributed by atoms with Crippen LogP contribution in [0, 0.1) is 0 Å². The van der Waals surface area contributed by atoms with Crippen LogP contribution in [-0.2, 0) is 0 Å². The monoisotopic (exact) mass is 236 g/mol. The predicted molar refractivity (Wildman–Crippen MR) is 45.9 cm³/mol. The van der Waals surface area contributed by atoms with Crippen LogP contribution < -0.4 is 4.74 Å². The zero-order chi connectivity index (χ0) is 8.27. The van der Waals surface area contributed by atoms with Crippen LogP contribution in [0.3, 0.4) is 0 Å². The summed E-state index contributed by atoms with van der Waals surface area (Å²) in [7, 11) is 0. The fourth-order valence-corrected chi connectivity index (χ4v) is 1.00. The standard InChI is InChI=1S/C6H6BrClN2O/c1-2-11-5-4(7)3-9-6(8)10-5/h3H,2H2,1H3. The van der Waals surface area contributed by atoms with E-state index in [1.54, 1.807) is 6.20 Å². The zero-order valence-corrected chi connectivity index (χ0v) is 8.18. The molecule has 1 aromatic heterocycles. The summed E-state index contributed by atoms with van der Waals surface area (Å²) in [5.74, 6) is 0.479. The van der Waals surface area contributed by atoms with Gasteiger partial charge < -0.3 is 4.74 Å². The van der Waals surface area contributed by atoms with Gasteiger partial charge >= 0.3 is 0 Å². The molecule has 0 bridgehead atoms. The molecule has 5 heteroatoms. The zero-order valence-electron chi connectivity index (χ0n) is 5.84. The van der Waals surface area contributed by atoms with Crippen LogP contribution in [0.15, 0.2) is 10.7 Å². The molecule has 0 aromatic carbocycles. The molecule has 0 spiro atoms. The number of hydrogen-bond donors (Lipinski definition) is 0. The molecule has 0 aliphatic heterocycles. The molecule has 1 rings (SSSR count). The highest BCUT2D eigenvalue weighted by atomic mass is 79.9. The Hall–Kier alpha value is -0.350. The minimum absolute atomic E-state index is 0.191. The normalized spacial score (nSPS) is 9.73. The fraction of sp³-hybridized carbons (Fsp3) is 0.333. The van der Waals surface area contributed by atoms with Gasteiger partial charge in [-0.2, -0.15) is 4.98 Å². The lowest BCUT2D eigenvalue weighted by Gasteiger charge is -2.02. The maximum Gasteiger partial charge on any atom is 0.232 e. The molecule has 0 amide bonds. The number of aromatic nitrogens is 2. The first kappa shape index (κ1) is 8.74. The molecule has 3 nitrogen and oxygen atoms in total. The molecule has 0 aliphatic carbocycles. The molecule has 1 heterocycles. The van der Waals surface area contributed by atoms with Gasteiger partial charge in [-0.15, -0.1) is 0 Å². The number of hydrogen-bond acceptors (Lipinski definition) is 3. The van der Waals surface area contributed by atoms with Crippen LogP contribution in [-0.4, -0.2) is 16.6 Å². The highest BCUT2D eigenvalue weighted by Crippen LogP contribution is 2.21. The van der Waals surface area contributed by atoms with E-state index in [-0.39, 0.29) is 5.28 Å². The van der Waals surface area contributed by atoms with Gasteiger partial charge in [-0.05, 0) is 34.5 Å². The third kappa shape index (κ3) is 2.31. The van der Waals surface area contributed by atoms with E-state index >= 15 is 0 Å². The highest BCUT2D eigenvalue weighted by Gasteiger charge is 2.02. The third-order valence-corrected chi connectivity index (χ3v) is 1.69. The van der Waals surface area contributed by atoms with Crippen molar-refractivity contribution in [2.45, 2.75) is 6.92 Å². The molecular formula is C6H6BrClN2O. The van der Waals surface area contributed by atoms with Crippen molar-refractivity contribution < 1.29 is 4.74 Å². The van der Waals surface area contributed by atoms with Crippen molar-refractivity contribution in [1.82, 2.24) is 9.97 Å². The number of halogens is 2. The molecule has 0 saturated heterocycles. The van der Waals surface area contributed by atoms with E-state index in [1.165, 1.54) is 0 Å². The van der Waals surface area contributed by atoms with Crippen LogP contribution in [0.25, 0.3) is 0 Å². The summed E-state index contributed by atoms with van der Waals surface area (Å²) < 4.78 is 5.85. The van der Waals surface area contributed by atoms with E-state index in [2.05, 4.69) is 25.9 Å². The van der Waals surface area contributed by atoms with Crippen LogP contribution in [0.1, 0.15) is 6.92 Å². The Labute approximate surface area is 77.9 Å². The Morgan fingerprint density at radius 1 is 1.73 bits per heavy atom. The van der Waals surface area contributed by atoms with Crippen molar-refractivity contribution in [1.29, 1.82) is 0 Å². The summed E-state index contributed by atoms with van der Waals surface area (Å²) in [5.41, 5.74) is 0. The second kappa shape index (κ2) is 3.88. The molecule has 60 valence electrons. The first-order valence-electron chi connectivity index (χ1n) is 3.05. The van der Waals surface area contributed by atoms with E-state index in [0.29, 0.717) is 17.0 Å². The summed E-state index contributed by atoms with van der Waals surface area (Å²) in [5, 5.41) is 0.191. The molecule has 0 unspecified atom stereocenters. The van der Waals surface area contributed by atoms with Gasteiger partial charge in [0.25, 0.3) is 0 Å². The highest BCUT2D eigenvalue weighted by molar-refractivity contribution is 9.10. The van der Waals surface area contributed by atoms with Gasteiger partial charge in [0, 0.05) is 6.20 Å². The Balaban J connectivity index is 2.93. The molecule has 1 aromatic rings. The smallest absolute Gasteiger partial charge is 0.232 e. The number of ether oxygens (including phenoxy) is 1. The van der Waals surface area contributed by atoms with Crippen molar-refractivity contribution in [2.24, 2.45) is 0 Å². The van der Waals surface area contributed by atoms with E-state index in [9.17, 15) is 0 Å². The summed E-state index contributed by atoms with van der Waals surface area (Å²) in [6.45, 7) is 2.44. The molecular weight excluding hydrogens is 231 g/mol. The lowest BCUT2D eigenvalue weighted by atomic mass is 10.6. The van der Waals surface area contributed by atoms with Crippen molar-refractivity contribution in [3.05, 3.63) is 16.0 Å². The van der Waals surface area contributed by atoms with Crippen LogP contribution >= 0.6 is 27.5 Å². The number of nitrogens with zero attached hydrogens (tertiary/aromatic N) is 2. The fourth-order valence-electron chi connectivity index (χ4n) is 0.569. The van der Waals surface area contributed by atoms with Crippen molar-refractivity contribution in [2.75, 3.05) is 6.61 Å². The quantitative estimate of drug-likeness (QED) is 0.740. The van der Waals surface area contributed by atoms with Gasteiger partial charge in [-0.3, -0.25) is 0 Å². The van der Waals surface area contributed by atoms with Crippen LogP contribution in [0.4, 0.5) is 0 Å². The van der Waals surface area contributed by atoms with Gasteiger partial charge in [-0.25, -0.2) is 4.98 Å².